The van der Waals surface area contributed by atoms with E-state index in [0.29, 0.717) is 12.2 Å². The van der Waals surface area contributed by atoms with E-state index in [-0.39, 0.29) is 17.4 Å². The van der Waals surface area contributed by atoms with Gasteiger partial charge in [0.05, 0.1) is 5.69 Å². The van der Waals surface area contributed by atoms with Crippen LogP contribution in [0.3, 0.4) is 0 Å². The van der Waals surface area contributed by atoms with Gasteiger partial charge in [-0.05, 0) is 18.6 Å². The van der Waals surface area contributed by atoms with Gasteiger partial charge in [-0.3, -0.25) is 18.9 Å². The molecule has 6 heteroatoms. The molecule has 0 aliphatic carbocycles. The minimum Gasteiger partial charge on any atom is -0.340 e. The molecule has 2 aromatic rings. The van der Waals surface area contributed by atoms with E-state index in [0.717, 1.165) is 37.4 Å². The summed E-state index contributed by atoms with van der Waals surface area (Å²) in [6, 6.07) is 5.43. The van der Waals surface area contributed by atoms with Crippen LogP contribution in [0.15, 0.2) is 29.2 Å². The normalized spacial score (nSPS) is 16.1. The first kappa shape index (κ1) is 16.6. The van der Waals surface area contributed by atoms with Crippen LogP contribution >= 0.6 is 0 Å². The highest BCUT2D eigenvalue weighted by Gasteiger charge is 2.23. The lowest BCUT2D eigenvalue weighted by Gasteiger charge is -2.35. The zero-order valence-electron chi connectivity index (χ0n) is 14.5. The fourth-order valence-electron chi connectivity index (χ4n) is 3.11. The molecule has 0 saturated carbocycles. The number of piperazine rings is 1. The van der Waals surface area contributed by atoms with Gasteiger partial charge < -0.3 is 4.90 Å². The molecule has 1 amide bonds. The second-order valence-corrected chi connectivity index (χ2v) is 6.73. The van der Waals surface area contributed by atoms with Gasteiger partial charge in [-0.25, -0.2) is 4.98 Å². The zero-order valence-corrected chi connectivity index (χ0v) is 14.5. The summed E-state index contributed by atoms with van der Waals surface area (Å²) in [4.78, 5) is 33.1. The molecule has 2 aromatic heterocycles. The molecule has 0 spiro atoms. The van der Waals surface area contributed by atoms with E-state index in [9.17, 15) is 9.59 Å². The molecule has 3 rings (SSSR count). The first-order valence-corrected chi connectivity index (χ1v) is 8.45. The topological polar surface area (TPSA) is 57.9 Å². The summed E-state index contributed by atoms with van der Waals surface area (Å²) in [5.74, 6) is 0.258. The molecule has 1 fully saturated rings. The van der Waals surface area contributed by atoms with Crippen molar-refractivity contribution in [1.82, 2.24) is 19.2 Å². The average Bonchev–Trinajstić information content (AvgIpc) is 2.56. The van der Waals surface area contributed by atoms with Crippen LogP contribution in [0.25, 0.3) is 5.65 Å². The number of pyridine rings is 1. The molecule has 0 bridgehead atoms. The first-order valence-electron chi connectivity index (χ1n) is 8.45. The molecule has 24 heavy (non-hydrogen) atoms. The summed E-state index contributed by atoms with van der Waals surface area (Å²) in [5.41, 5.74) is 2.45. The van der Waals surface area contributed by atoms with Gasteiger partial charge >= 0.3 is 0 Å². The van der Waals surface area contributed by atoms with Crippen LogP contribution < -0.4 is 5.56 Å². The third-order valence-corrected chi connectivity index (χ3v) is 4.50. The summed E-state index contributed by atoms with van der Waals surface area (Å²) < 4.78 is 1.58. The number of hydrogen-bond donors (Lipinski definition) is 0. The Bertz CT molecular complexity index is 804. The van der Waals surface area contributed by atoms with Crippen molar-refractivity contribution in [2.24, 2.45) is 5.92 Å². The third kappa shape index (κ3) is 3.33. The van der Waals surface area contributed by atoms with Crippen LogP contribution in [0.4, 0.5) is 0 Å². The number of amides is 1. The van der Waals surface area contributed by atoms with E-state index in [4.69, 9.17) is 0 Å². The number of aromatic nitrogens is 2. The van der Waals surface area contributed by atoms with E-state index in [2.05, 4.69) is 9.88 Å². The van der Waals surface area contributed by atoms with Gasteiger partial charge in [0.1, 0.15) is 5.65 Å². The standard InChI is InChI=1S/C18H24N4O2/c1-13(2)18(24)21-9-7-20(8-10-21)12-15-11-16(23)22-6-4-5-14(3)17(22)19-15/h4-6,11,13H,7-10,12H2,1-3H3. The lowest BCUT2D eigenvalue weighted by atomic mass is 10.1. The molecule has 0 aromatic carbocycles. The Balaban J connectivity index is 1.72. The summed E-state index contributed by atoms with van der Waals surface area (Å²) in [6.07, 6.45) is 1.75. The van der Waals surface area contributed by atoms with Gasteiger partial charge in [-0.2, -0.15) is 0 Å². The second kappa shape index (κ2) is 6.73. The Morgan fingerprint density at radius 3 is 2.62 bits per heavy atom. The Labute approximate surface area is 141 Å². The van der Waals surface area contributed by atoms with Crippen molar-refractivity contribution >= 4 is 11.6 Å². The predicted molar refractivity (Wildman–Crippen MR) is 92.9 cm³/mol. The molecule has 0 radical (unpaired) electrons. The maximum atomic E-state index is 12.3. The maximum Gasteiger partial charge on any atom is 0.258 e. The van der Waals surface area contributed by atoms with Crippen molar-refractivity contribution in [2.45, 2.75) is 27.3 Å². The summed E-state index contributed by atoms with van der Waals surface area (Å²) in [5, 5.41) is 0. The summed E-state index contributed by atoms with van der Waals surface area (Å²) in [7, 11) is 0. The molecule has 3 heterocycles. The summed E-state index contributed by atoms with van der Waals surface area (Å²) in [6.45, 7) is 9.57. The van der Waals surface area contributed by atoms with Gasteiger partial charge in [-0.1, -0.05) is 19.9 Å². The average molecular weight is 328 g/mol. The molecule has 0 atom stereocenters. The number of aryl methyl sites for hydroxylation is 1. The number of hydrogen-bond acceptors (Lipinski definition) is 4. The third-order valence-electron chi connectivity index (χ3n) is 4.50. The van der Waals surface area contributed by atoms with Crippen LogP contribution in [0.2, 0.25) is 0 Å². The first-order chi connectivity index (χ1) is 11.5. The molecule has 1 aliphatic rings. The summed E-state index contributed by atoms with van der Waals surface area (Å²) >= 11 is 0. The number of rotatable bonds is 3. The van der Waals surface area contributed by atoms with Gasteiger partial charge in [0.25, 0.3) is 5.56 Å². The zero-order chi connectivity index (χ0) is 17.3. The minimum absolute atomic E-state index is 0.0433. The Morgan fingerprint density at radius 1 is 1.25 bits per heavy atom. The van der Waals surface area contributed by atoms with Crippen LogP contribution in [0, 0.1) is 12.8 Å². The molecular weight excluding hydrogens is 304 g/mol. The van der Waals surface area contributed by atoms with Crippen LogP contribution in [-0.4, -0.2) is 51.3 Å². The maximum absolute atomic E-state index is 12.3. The highest BCUT2D eigenvalue weighted by molar-refractivity contribution is 5.78. The van der Waals surface area contributed by atoms with Crippen LogP contribution in [0.1, 0.15) is 25.1 Å². The Hall–Kier alpha value is -2.21. The minimum atomic E-state index is -0.0488. The van der Waals surface area contributed by atoms with Crippen molar-refractivity contribution in [3.05, 3.63) is 46.0 Å². The fraction of sp³-hybridized carbons (Fsp3) is 0.500. The van der Waals surface area contributed by atoms with Crippen molar-refractivity contribution in [3.63, 3.8) is 0 Å². The van der Waals surface area contributed by atoms with E-state index >= 15 is 0 Å². The SMILES string of the molecule is Cc1cccn2c(=O)cc(CN3CCN(C(=O)C(C)C)CC3)nc12. The number of nitrogens with zero attached hydrogens (tertiary/aromatic N) is 4. The fourth-order valence-corrected chi connectivity index (χ4v) is 3.11. The second-order valence-electron chi connectivity index (χ2n) is 6.73. The number of carbonyl (C=O) groups is 1. The highest BCUT2D eigenvalue weighted by Crippen LogP contribution is 2.11. The molecular formula is C18H24N4O2. The predicted octanol–water partition coefficient (Wildman–Crippen LogP) is 1.30. The molecule has 1 aliphatic heterocycles. The van der Waals surface area contributed by atoms with Gasteiger partial charge in [-0.15, -0.1) is 0 Å². The molecule has 6 nitrogen and oxygen atoms in total. The lowest BCUT2D eigenvalue weighted by molar-refractivity contribution is -0.136. The van der Waals surface area contributed by atoms with Crippen molar-refractivity contribution in [2.75, 3.05) is 26.2 Å². The molecule has 128 valence electrons. The van der Waals surface area contributed by atoms with Gasteiger partial charge in [0.2, 0.25) is 5.91 Å². The van der Waals surface area contributed by atoms with Crippen LogP contribution in [-0.2, 0) is 11.3 Å². The van der Waals surface area contributed by atoms with Gasteiger partial charge in [0, 0.05) is 50.9 Å². The monoisotopic (exact) mass is 328 g/mol. The largest absolute Gasteiger partial charge is 0.340 e. The smallest absolute Gasteiger partial charge is 0.258 e. The van der Waals surface area contributed by atoms with Gasteiger partial charge in [0.15, 0.2) is 0 Å². The molecule has 1 saturated heterocycles. The van der Waals surface area contributed by atoms with Crippen molar-refractivity contribution in [1.29, 1.82) is 0 Å². The Kier molecular flexibility index (Phi) is 4.66. The molecule has 0 unspecified atom stereocenters. The van der Waals surface area contributed by atoms with E-state index in [1.807, 2.05) is 37.8 Å². The van der Waals surface area contributed by atoms with E-state index in [1.54, 1.807) is 16.7 Å². The number of fused-ring (bicyclic) bond motifs is 1. The van der Waals surface area contributed by atoms with Crippen molar-refractivity contribution < 1.29 is 4.79 Å². The van der Waals surface area contributed by atoms with Crippen LogP contribution in [0.5, 0.6) is 0 Å². The Morgan fingerprint density at radius 2 is 1.96 bits per heavy atom. The highest BCUT2D eigenvalue weighted by atomic mass is 16.2. The van der Waals surface area contributed by atoms with E-state index in [1.165, 1.54) is 0 Å². The quantitative estimate of drug-likeness (QED) is 0.852. The van der Waals surface area contributed by atoms with E-state index < -0.39 is 0 Å². The lowest BCUT2D eigenvalue weighted by Crippen LogP contribution is -2.49. The molecule has 0 N–H and O–H groups in total. The van der Waals surface area contributed by atoms with Crippen molar-refractivity contribution in [3.8, 4) is 0 Å². The number of carbonyl (C=O) groups excluding carboxylic acids is 1.